The Morgan fingerprint density at radius 3 is 2.60 bits per heavy atom. The fraction of sp³-hybridized carbons (Fsp3) is 0.300. The predicted molar refractivity (Wildman–Crippen MR) is 98.6 cm³/mol. The quantitative estimate of drug-likeness (QED) is 0.798. The minimum absolute atomic E-state index is 0.0950. The van der Waals surface area contributed by atoms with Crippen molar-refractivity contribution in [3.63, 3.8) is 0 Å². The Hall–Kier alpha value is -2.66. The lowest BCUT2D eigenvalue weighted by Crippen LogP contribution is -2.49. The van der Waals surface area contributed by atoms with Crippen molar-refractivity contribution in [2.75, 3.05) is 32.7 Å². The van der Waals surface area contributed by atoms with Gasteiger partial charge in [0.15, 0.2) is 0 Å². The van der Waals surface area contributed by atoms with Gasteiger partial charge in [-0.3, -0.25) is 14.8 Å². The third kappa shape index (κ3) is 3.42. The van der Waals surface area contributed by atoms with E-state index in [1.165, 1.54) is 5.56 Å². The molecular formula is C20H22N4O. The molecule has 0 saturated carbocycles. The summed E-state index contributed by atoms with van der Waals surface area (Å²) in [6.07, 6.45) is 2.82. The average molecular weight is 334 g/mol. The second-order valence-corrected chi connectivity index (χ2v) is 6.51. The summed E-state index contributed by atoms with van der Waals surface area (Å²) in [7, 11) is 0. The Bertz CT molecular complexity index is 850. The summed E-state index contributed by atoms with van der Waals surface area (Å²) in [4.78, 5) is 17.2. The lowest BCUT2D eigenvalue weighted by Gasteiger charge is -2.34. The Labute approximate surface area is 147 Å². The number of carbonyl (C=O) groups excluding carboxylic acids is 1. The summed E-state index contributed by atoms with van der Waals surface area (Å²) >= 11 is 0. The van der Waals surface area contributed by atoms with E-state index in [0.29, 0.717) is 5.56 Å². The minimum atomic E-state index is 0.0950. The third-order valence-corrected chi connectivity index (χ3v) is 4.93. The molecule has 5 nitrogen and oxygen atoms in total. The average Bonchev–Trinajstić information content (AvgIpc) is 3.16. The monoisotopic (exact) mass is 334 g/mol. The fourth-order valence-corrected chi connectivity index (χ4v) is 3.42. The number of nitrogens with one attached hydrogen (secondary N) is 1. The number of fused-ring (bicyclic) bond motifs is 1. The predicted octanol–water partition coefficient (Wildman–Crippen LogP) is 2.56. The Kier molecular flexibility index (Phi) is 4.48. The number of hydrogen-bond acceptors (Lipinski definition) is 3. The number of amides is 1. The van der Waals surface area contributed by atoms with Gasteiger partial charge in [0.2, 0.25) is 0 Å². The topological polar surface area (TPSA) is 52.2 Å². The van der Waals surface area contributed by atoms with Gasteiger partial charge in [0.05, 0.1) is 17.3 Å². The number of piperazine rings is 1. The van der Waals surface area contributed by atoms with Crippen LogP contribution in [0.5, 0.6) is 0 Å². The number of aromatic amines is 1. The highest BCUT2D eigenvalue weighted by Crippen LogP contribution is 2.18. The van der Waals surface area contributed by atoms with E-state index in [0.717, 1.165) is 50.0 Å². The van der Waals surface area contributed by atoms with Gasteiger partial charge in [-0.05, 0) is 18.1 Å². The van der Waals surface area contributed by atoms with Crippen molar-refractivity contribution in [1.29, 1.82) is 0 Å². The number of carbonyl (C=O) groups is 1. The van der Waals surface area contributed by atoms with E-state index in [2.05, 4.69) is 39.4 Å². The molecule has 1 N–H and O–H groups in total. The van der Waals surface area contributed by atoms with Gasteiger partial charge in [-0.2, -0.15) is 5.10 Å². The van der Waals surface area contributed by atoms with Gasteiger partial charge in [-0.15, -0.1) is 0 Å². The first kappa shape index (κ1) is 15.8. The van der Waals surface area contributed by atoms with Crippen LogP contribution in [-0.2, 0) is 6.42 Å². The zero-order chi connectivity index (χ0) is 17.1. The zero-order valence-corrected chi connectivity index (χ0v) is 14.2. The summed E-state index contributed by atoms with van der Waals surface area (Å²) < 4.78 is 0. The molecule has 1 saturated heterocycles. The lowest BCUT2D eigenvalue weighted by atomic mass is 10.1. The molecule has 1 amide bonds. The van der Waals surface area contributed by atoms with Crippen molar-refractivity contribution in [2.24, 2.45) is 0 Å². The molecule has 1 fully saturated rings. The van der Waals surface area contributed by atoms with Crippen molar-refractivity contribution < 1.29 is 4.79 Å². The van der Waals surface area contributed by atoms with Crippen LogP contribution in [0.25, 0.3) is 10.9 Å². The first-order valence-electron chi connectivity index (χ1n) is 8.79. The van der Waals surface area contributed by atoms with Crippen molar-refractivity contribution in [3.8, 4) is 0 Å². The van der Waals surface area contributed by atoms with Crippen LogP contribution in [0.15, 0.2) is 54.7 Å². The van der Waals surface area contributed by atoms with Crippen LogP contribution in [0.2, 0.25) is 0 Å². The van der Waals surface area contributed by atoms with Gasteiger partial charge in [-0.1, -0.05) is 42.5 Å². The number of hydrogen-bond donors (Lipinski definition) is 1. The molecule has 2 heterocycles. The summed E-state index contributed by atoms with van der Waals surface area (Å²) in [5.41, 5.74) is 2.92. The maximum atomic E-state index is 12.9. The number of rotatable bonds is 4. The van der Waals surface area contributed by atoms with Gasteiger partial charge in [0, 0.05) is 38.1 Å². The van der Waals surface area contributed by atoms with E-state index in [1.54, 1.807) is 6.20 Å². The first-order chi connectivity index (χ1) is 12.3. The van der Waals surface area contributed by atoms with Crippen molar-refractivity contribution in [2.45, 2.75) is 6.42 Å². The van der Waals surface area contributed by atoms with Crippen molar-refractivity contribution in [1.82, 2.24) is 20.0 Å². The highest BCUT2D eigenvalue weighted by atomic mass is 16.2. The van der Waals surface area contributed by atoms with E-state index < -0.39 is 0 Å². The van der Waals surface area contributed by atoms with Crippen LogP contribution in [0.3, 0.4) is 0 Å². The third-order valence-electron chi connectivity index (χ3n) is 4.93. The largest absolute Gasteiger partial charge is 0.336 e. The van der Waals surface area contributed by atoms with Crippen LogP contribution < -0.4 is 0 Å². The van der Waals surface area contributed by atoms with Crippen LogP contribution in [0, 0.1) is 0 Å². The van der Waals surface area contributed by atoms with Crippen LogP contribution >= 0.6 is 0 Å². The minimum Gasteiger partial charge on any atom is -0.336 e. The van der Waals surface area contributed by atoms with E-state index in [9.17, 15) is 4.79 Å². The molecule has 1 aromatic heterocycles. The van der Waals surface area contributed by atoms with Crippen molar-refractivity contribution in [3.05, 3.63) is 65.9 Å². The molecule has 3 aromatic rings. The van der Waals surface area contributed by atoms with Gasteiger partial charge < -0.3 is 4.90 Å². The molecule has 128 valence electrons. The zero-order valence-electron chi connectivity index (χ0n) is 14.2. The molecular weight excluding hydrogens is 312 g/mol. The highest BCUT2D eigenvalue weighted by molar-refractivity contribution is 6.05. The van der Waals surface area contributed by atoms with E-state index in [1.807, 2.05) is 29.2 Å². The number of H-pyrrole nitrogens is 1. The molecule has 0 aliphatic carbocycles. The molecule has 0 unspecified atom stereocenters. The molecule has 1 aliphatic rings. The first-order valence-corrected chi connectivity index (χ1v) is 8.79. The van der Waals surface area contributed by atoms with E-state index in [-0.39, 0.29) is 5.91 Å². The summed E-state index contributed by atoms with van der Waals surface area (Å²) in [5.74, 6) is 0.0950. The smallest absolute Gasteiger partial charge is 0.256 e. The number of para-hydroxylation sites is 1. The lowest BCUT2D eigenvalue weighted by molar-refractivity contribution is 0.0640. The maximum Gasteiger partial charge on any atom is 0.256 e. The number of nitrogens with zero attached hydrogens (tertiary/aromatic N) is 3. The second-order valence-electron chi connectivity index (χ2n) is 6.51. The maximum absolute atomic E-state index is 12.9. The van der Waals surface area contributed by atoms with Gasteiger partial charge >= 0.3 is 0 Å². The van der Waals surface area contributed by atoms with Gasteiger partial charge in [0.25, 0.3) is 5.91 Å². The molecule has 4 rings (SSSR count). The molecule has 0 atom stereocenters. The number of aromatic nitrogens is 2. The van der Waals surface area contributed by atoms with Crippen LogP contribution in [0.1, 0.15) is 15.9 Å². The van der Waals surface area contributed by atoms with E-state index >= 15 is 0 Å². The Morgan fingerprint density at radius 2 is 1.80 bits per heavy atom. The standard InChI is InChI=1S/C20H22N4O/c25-20(18-8-4-7-17-15-21-22-19(17)18)24-13-11-23(12-14-24)10-9-16-5-2-1-3-6-16/h1-8,15H,9-14H2,(H,21,22). The Morgan fingerprint density at radius 1 is 1.00 bits per heavy atom. The molecule has 25 heavy (non-hydrogen) atoms. The second kappa shape index (κ2) is 7.07. The summed E-state index contributed by atoms with van der Waals surface area (Å²) in [6, 6.07) is 16.3. The van der Waals surface area contributed by atoms with Gasteiger partial charge in [-0.25, -0.2) is 0 Å². The SMILES string of the molecule is O=C(c1cccc2cn[nH]c12)N1CCN(CCc2ccccc2)CC1. The molecule has 0 bridgehead atoms. The van der Waals surface area contributed by atoms with Crippen LogP contribution in [-0.4, -0.2) is 58.6 Å². The van der Waals surface area contributed by atoms with E-state index in [4.69, 9.17) is 0 Å². The summed E-state index contributed by atoms with van der Waals surface area (Å²) in [5, 5.41) is 7.98. The summed E-state index contributed by atoms with van der Waals surface area (Å²) in [6.45, 7) is 4.45. The Balaban J connectivity index is 1.35. The van der Waals surface area contributed by atoms with Crippen molar-refractivity contribution >= 4 is 16.8 Å². The molecule has 2 aromatic carbocycles. The normalized spacial score (nSPS) is 15.6. The van der Waals surface area contributed by atoms with Gasteiger partial charge in [0.1, 0.15) is 0 Å². The molecule has 0 radical (unpaired) electrons. The molecule has 0 spiro atoms. The molecule has 5 heteroatoms. The fourth-order valence-electron chi connectivity index (χ4n) is 3.42. The molecule has 1 aliphatic heterocycles. The highest BCUT2D eigenvalue weighted by Gasteiger charge is 2.23. The number of benzene rings is 2. The van der Waals surface area contributed by atoms with Crippen LogP contribution in [0.4, 0.5) is 0 Å².